The molecule has 1 heterocycles. The summed E-state index contributed by atoms with van der Waals surface area (Å²) in [6, 6.07) is 5.22. The lowest BCUT2D eigenvalue weighted by Crippen LogP contribution is -2.13. The Hall–Kier alpha value is -1.82. The van der Waals surface area contributed by atoms with Gasteiger partial charge in [-0.1, -0.05) is 5.16 Å². The summed E-state index contributed by atoms with van der Waals surface area (Å²) in [7, 11) is 0. The van der Waals surface area contributed by atoms with E-state index in [2.05, 4.69) is 26.4 Å². The Morgan fingerprint density at radius 3 is 2.67 bits per heavy atom. The number of nitrogens with zero attached hydrogens (tertiary/aromatic N) is 1. The molecular formula is C12H12BrN3O2. The van der Waals surface area contributed by atoms with Crippen molar-refractivity contribution in [1.82, 2.24) is 5.16 Å². The third-order valence-electron chi connectivity index (χ3n) is 2.36. The number of rotatable bonds is 2. The van der Waals surface area contributed by atoms with Gasteiger partial charge in [0.25, 0.3) is 5.91 Å². The van der Waals surface area contributed by atoms with Crippen molar-refractivity contribution >= 4 is 33.2 Å². The van der Waals surface area contributed by atoms with Crippen LogP contribution in [-0.4, -0.2) is 11.1 Å². The second kappa shape index (κ2) is 4.81. The highest BCUT2D eigenvalue weighted by atomic mass is 79.9. The van der Waals surface area contributed by atoms with E-state index >= 15 is 0 Å². The number of amides is 1. The predicted octanol–water partition coefficient (Wildman–Crippen LogP) is 2.89. The van der Waals surface area contributed by atoms with Crippen LogP contribution in [0.2, 0.25) is 0 Å². The Balaban J connectivity index is 2.27. The maximum Gasteiger partial charge on any atom is 0.294 e. The van der Waals surface area contributed by atoms with Gasteiger partial charge in [0, 0.05) is 10.5 Å². The van der Waals surface area contributed by atoms with Crippen molar-refractivity contribution < 1.29 is 9.32 Å². The number of anilines is 2. The number of hydrogen-bond acceptors (Lipinski definition) is 4. The topological polar surface area (TPSA) is 81.1 Å². The van der Waals surface area contributed by atoms with E-state index in [9.17, 15) is 4.79 Å². The first-order chi connectivity index (χ1) is 8.47. The number of nitrogens with one attached hydrogen (secondary N) is 1. The van der Waals surface area contributed by atoms with Crippen molar-refractivity contribution in [2.75, 3.05) is 11.1 Å². The Kier molecular flexibility index (Phi) is 3.38. The molecule has 2 aromatic rings. The van der Waals surface area contributed by atoms with E-state index in [-0.39, 0.29) is 11.7 Å². The van der Waals surface area contributed by atoms with E-state index in [0.29, 0.717) is 17.1 Å². The first kappa shape index (κ1) is 12.6. The SMILES string of the molecule is Cc1cc(N)c(NC(=O)c2cc(C)no2)c(Br)c1. The third kappa shape index (κ3) is 2.53. The van der Waals surface area contributed by atoms with Gasteiger partial charge in [-0.2, -0.15) is 0 Å². The highest BCUT2D eigenvalue weighted by Crippen LogP contribution is 2.30. The zero-order valence-corrected chi connectivity index (χ0v) is 11.5. The first-order valence-corrected chi connectivity index (χ1v) is 6.07. The zero-order valence-electron chi connectivity index (χ0n) is 9.95. The third-order valence-corrected chi connectivity index (χ3v) is 2.98. The zero-order chi connectivity index (χ0) is 13.3. The van der Waals surface area contributed by atoms with Crippen molar-refractivity contribution in [3.8, 4) is 0 Å². The Labute approximate surface area is 112 Å². The summed E-state index contributed by atoms with van der Waals surface area (Å²) in [4.78, 5) is 11.9. The van der Waals surface area contributed by atoms with Crippen LogP contribution in [0.1, 0.15) is 21.8 Å². The minimum absolute atomic E-state index is 0.152. The number of halogens is 1. The van der Waals surface area contributed by atoms with Gasteiger partial charge in [0.1, 0.15) is 0 Å². The molecule has 1 amide bonds. The fraction of sp³-hybridized carbons (Fsp3) is 0.167. The maximum atomic E-state index is 11.9. The molecule has 2 rings (SSSR count). The molecule has 0 aliphatic heterocycles. The molecule has 0 radical (unpaired) electrons. The second-order valence-electron chi connectivity index (χ2n) is 4.00. The Morgan fingerprint density at radius 1 is 1.39 bits per heavy atom. The molecule has 3 N–H and O–H groups in total. The molecule has 0 saturated carbocycles. The van der Waals surface area contributed by atoms with Gasteiger partial charge in [0.05, 0.1) is 17.1 Å². The summed E-state index contributed by atoms with van der Waals surface area (Å²) in [6.07, 6.45) is 0. The number of nitrogen functional groups attached to an aromatic ring is 1. The lowest BCUT2D eigenvalue weighted by Gasteiger charge is -2.10. The highest BCUT2D eigenvalue weighted by molar-refractivity contribution is 9.10. The Bertz CT molecular complexity index is 584. The monoisotopic (exact) mass is 309 g/mol. The number of hydrogen-bond donors (Lipinski definition) is 2. The Morgan fingerprint density at radius 2 is 2.11 bits per heavy atom. The number of nitrogens with two attached hydrogens (primary N) is 1. The molecule has 0 bridgehead atoms. The summed E-state index contributed by atoms with van der Waals surface area (Å²) in [6.45, 7) is 3.67. The summed E-state index contributed by atoms with van der Waals surface area (Å²) in [5, 5.41) is 6.35. The molecule has 6 heteroatoms. The van der Waals surface area contributed by atoms with Gasteiger partial charge < -0.3 is 15.6 Å². The van der Waals surface area contributed by atoms with E-state index in [1.54, 1.807) is 19.1 Å². The van der Waals surface area contributed by atoms with Crippen LogP contribution in [0.15, 0.2) is 27.2 Å². The molecule has 5 nitrogen and oxygen atoms in total. The van der Waals surface area contributed by atoms with Crippen molar-refractivity contribution in [2.24, 2.45) is 0 Å². The fourth-order valence-electron chi connectivity index (χ4n) is 1.55. The molecule has 1 aromatic carbocycles. The molecular weight excluding hydrogens is 298 g/mol. The van der Waals surface area contributed by atoms with Crippen LogP contribution in [-0.2, 0) is 0 Å². The molecule has 0 aliphatic rings. The van der Waals surface area contributed by atoms with Crippen molar-refractivity contribution in [3.63, 3.8) is 0 Å². The van der Waals surface area contributed by atoms with Crippen molar-refractivity contribution in [1.29, 1.82) is 0 Å². The number of aryl methyl sites for hydroxylation is 2. The van der Waals surface area contributed by atoms with Crippen molar-refractivity contribution in [2.45, 2.75) is 13.8 Å². The van der Waals surface area contributed by atoms with Gasteiger partial charge in [-0.3, -0.25) is 4.79 Å². The minimum atomic E-state index is -0.383. The molecule has 0 unspecified atom stereocenters. The summed E-state index contributed by atoms with van der Waals surface area (Å²) >= 11 is 3.36. The van der Waals surface area contributed by atoms with Gasteiger partial charge in [0.2, 0.25) is 5.76 Å². The number of benzene rings is 1. The van der Waals surface area contributed by atoms with Gasteiger partial charge in [-0.05, 0) is 47.5 Å². The first-order valence-electron chi connectivity index (χ1n) is 5.27. The van der Waals surface area contributed by atoms with Crippen LogP contribution >= 0.6 is 15.9 Å². The van der Waals surface area contributed by atoms with E-state index in [1.165, 1.54) is 0 Å². The van der Waals surface area contributed by atoms with E-state index in [4.69, 9.17) is 10.3 Å². The van der Waals surface area contributed by atoms with Gasteiger partial charge in [0.15, 0.2) is 0 Å². The molecule has 18 heavy (non-hydrogen) atoms. The van der Waals surface area contributed by atoms with Crippen LogP contribution in [0.3, 0.4) is 0 Å². The standard InChI is InChI=1S/C12H12BrN3O2/c1-6-3-8(13)11(9(14)4-6)15-12(17)10-5-7(2)16-18-10/h3-5H,14H2,1-2H3,(H,15,17). The smallest absolute Gasteiger partial charge is 0.294 e. The molecule has 0 aliphatic carbocycles. The lowest BCUT2D eigenvalue weighted by molar-refractivity contribution is 0.0988. The van der Waals surface area contributed by atoms with Crippen LogP contribution < -0.4 is 11.1 Å². The van der Waals surface area contributed by atoms with Crippen molar-refractivity contribution in [3.05, 3.63) is 39.7 Å². The summed E-state index contributed by atoms with van der Waals surface area (Å²) in [5.74, 6) is -0.230. The van der Waals surface area contributed by atoms with Gasteiger partial charge in [-0.15, -0.1) is 0 Å². The normalized spacial score (nSPS) is 10.4. The molecule has 0 fully saturated rings. The molecule has 94 valence electrons. The fourth-order valence-corrected chi connectivity index (χ4v) is 2.24. The van der Waals surface area contributed by atoms with E-state index in [1.807, 2.05) is 13.0 Å². The summed E-state index contributed by atoms with van der Waals surface area (Å²) in [5.41, 5.74) is 8.54. The highest BCUT2D eigenvalue weighted by Gasteiger charge is 2.15. The van der Waals surface area contributed by atoms with Crippen LogP contribution in [0.25, 0.3) is 0 Å². The maximum absolute atomic E-state index is 11.9. The van der Waals surface area contributed by atoms with E-state index < -0.39 is 0 Å². The number of aromatic nitrogens is 1. The van der Waals surface area contributed by atoms with Crippen LogP contribution in [0.4, 0.5) is 11.4 Å². The predicted molar refractivity (Wildman–Crippen MR) is 72.5 cm³/mol. The largest absolute Gasteiger partial charge is 0.397 e. The number of carbonyl (C=O) groups excluding carboxylic acids is 1. The van der Waals surface area contributed by atoms with Crippen LogP contribution in [0, 0.1) is 13.8 Å². The minimum Gasteiger partial charge on any atom is -0.397 e. The van der Waals surface area contributed by atoms with Crippen LogP contribution in [0.5, 0.6) is 0 Å². The van der Waals surface area contributed by atoms with Gasteiger partial charge >= 0.3 is 0 Å². The summed E-state index contributed by atoms with van der Waals surface area (Å²) < 4.78 is 5.61. The second-order valence-corrected chi connectivity index (χ2v) is 4.85. The average Bonchev–Trinajstić information content (AvgIpc) is 2.70. The average molecular weight is 310 g/mol. The molecule has 1 aromatic heterocycles. The number of carbonyl (C=O) groups is 1. The lowest BCUT2D eigenvalue weighted by atomic mass is 10.2. The quantitative estimate of drug-likeness (QED) is 0.836. The van der Waals surface area contributed by atoms with Gasteiger partial charge in [-0.25, -0.2) is 0 Å². The molecule has 0 atom stereocenters. The molecule has 0 saturated heterocycles. The van der Waals surface area contributed by atoms with E-state index in [0.717, 1.165) is 10.0 Å². The molecule has 0 spiro atoms.